The Morgan fingerprint density at radius 1 is 1.26 bits per heavy atom. The summed E-state index contributed by atoms with van der Waals surface area (Å²) in [7, 11) is 1.59. The number of ether oxygens (including phenoxy) is 2. The van der Waals surface area contributed by atoms with E-state index in [1.807, 2.05) is 30.3 Å². The van der Waals surface area contributed by atoms with Crippen LogP contribution in [0, 0.1) is 5.92 Å². The second-order valence-electron chi connectivity index (χ2n) is 5.82. The Bertz CT molecular complexity index is 712. The van der Waals surface area contributed by atoms with Crippen molar-refractivity contribution in [1.29, 1.82) is 0 Å². The lowest BCUT2D eigenvalue weighted by Gasteiger charge is -2.25. The topological polar surface area (TPSA) is 48.4 Å². The summed E-state index contributed by atoms with van der Waals surface area (Å²) >= 11 is 0. The molecule has 0 fully saturated rings. The molecule has 1 atom stereocenters. The molecule has 0 radical (unpaired) electrons. The van der Waals surface area contributed by atoms with Crippen LogP contribution in [0.3, 0.4) is 0 Å². The van der Waals surface area contributed by atoms with Crippen LogP contribution in [0.1, 0.15) is 31.7 Å². The van der Waals surface area contributed by atoms with Gasteiger partial charge in [-0.25, -0.2) is 4.98 Å². The fourth-order valence-electron chi connectivity index (χ4n) is 3.04. The quantitative estimate of drug-likeness (QED) is 0.618. The van der Waals surface area contributed by atoms with Gasteiger partial charge in [0.15, 0.2) is 0 Å². The lowest BCUT2D eigenvalue weighted by Crippen LogP contribution is -2.28. The molecule has 0 saturated heterocycles. The zero-order valence-electron chi connectivity index (χ0n) is 13.5. The SMILES string of the molecule is CCCCC1Cc2cccc(-c3cccnc3OC)c2OC1=O. The summed E-state index contributed by atoms with van der Waals surface area (Å²) in [5.74, 6) is 1.02. The number of carbonyl (C=O) groups excluding carboxylic acids is 1. The van der Waals surface area contributed by atoms with Crippen molar-refractivity contribution in [3.63, 3.8) is 0 Å². The maximum atomic E-state index is 12.3. The Hall–Kier alpha value is -2.36. The van der Waals surface area contributed by atoms with E-state index in [0.29, 0.717) is 11.6 Å². The fraction of sp³-hybridized carbons (Fsp3) is 0.368. The highest BCUT2D eigenvalue weighted by Crippen LogP contribution is 2.41. The number of fused-ring (bicyclic) bond motifs is 1. The Labute approximate surface area is 136 Å². The number of esters is 1. The molecule has 4 heteroatoms. The maximum absolute atomic E-state index is 12.3. The van der Waals surface area contributed by atoms with Crippen molar-refractivity contribution in [3.8, 4) is 22.8 Å². The number of methoxy groups -OCH3 is 1. The van der Waals surface area contributed by atoms with Gasteiger partial charge in [-0.15, -0.1) is 0 Å². The third-order valence-electron chi connectivity index (χ3n) is 4.26. The van der Waals surface area contributed by atoms with Gasteiger partial charge in [-0.3, -0.25) is 4.79 Å². The normalized spacial score (nSPS) is 16.6. The molecule has 1 unspecified atom stereocenters. The summed E-state index contributed by atoms with van der Waals surface area (Å²) in [6.07, 6.45) is 5.44. The van der Waals surface area contributed by atoms with Crippen molar-refractivity contribution >= 4 is 5.97 Å². The number of hydrogen-bond acceptors (Lipinski definition) is 4. The van der Waals surface area contributed by atoms with Crippen molar-refractivity contribution in [2.24, 2.45) is 5.92 Å². The zero-order valence-corrected chi connectivity index (χ0v) is 13.5. The average molecular weight is 311 g/mol. The predicted octanol–water partition coefficient (Wildman–Crippen LogP) is 4.03. The molecule has 1 aliphatic rings. The van der Waals surface area contributed by atoms with Crippen LogP contribution in [-0.4, -0.2) is 18.1 Å². The third kappa shape index (κ3) is 3.07. The number of hydrogen-bond donors (Lipinski definition) is 0. The molecule has 0 N–H and O–H groups in total. The molecule has 0 spiro atoms. The number of aromatic nitrogens is 1. The minimum absolute atomic E-state index is 0.0338. The summed E-state index contributed by atoms with van der Waals surface area (Å²) in [5.41, 5.74) is 2.77. The molecule has 0 bridgehead atoms. The molecule has 2 heterocycles. The van der Waals surface area contributed by atoms with Crippen LogP contribution in [0.25, 0.3) is 11.1 Å². The van der Waals surface area contributed by atoms with Gasteiger partial charge in [-0.05, 0) is 30.5 Å². The molecular weight excluding hydrogens is 290 g/mol. The van der Waals surface area contributed by atoms with E-state index in [0.717, 1.165) is 42.4 Å². The molecular formula is C19H21NO3. The van der Waals surface area contributed by atoms with Crippen molar-refractivity contribution < 1.29 is 14.3 Å². The molecule has 4 nitrogen and oxygen atoms in total. The van der Waals surface area contributed by atoms with E-state index in [4.69, 9.17) is 9.47 Å². The minimum atomic E-state index is -0.124. The van der Waals surface area contributed by atoms with Crippen LogP contribution in [0.4, 0.5) is 0 Å². The van der Waals surface area contributed by atoms with Gasteiger partial charge in [-0.2, -0.15) is 0 Å². The second kappa shape index (κ2) is 6.82. The average Bonchev–Trinajstić information content (AvgIpc) is 2.59. The van der Waals surface area contributed by atoms with Crippen molar-refractivity contribution in [2.45, 2.75) is 32.6 Å². The number of benzene rings is 1. The van der Waals surface area contributed by atoms with Crippen LogP contribution in [0.2, 0.25) is 0 Å². The smallest absolute Gasteiger partial charge is 0.314 e. The number of nitrogens with zero attached hydrogens (tertiary/aromatic N) is 1. The molecule has 1 aliphatic heterocycles. The summed E-state index contributed by atoms with van der Waals surface area (Å²) in [6.45, 7) is 2.13. The summed E-state index contributed by atoms with van der Waals surface area (Å²) < 4.78 is 11.0. The first-order chi connectivity index (χ1) is 11.2. The van der Waals surface area contributed by atoms with Gasteiger partial charge in [0.2, 0.25) is 5.88 Å². The minimum Gasteiger partial charge on any atom is -0.481 e. The second-order valence-corrected chi connectivity index (χ2v) is 5.82. The van der Waals surface area contributed by atoms with Gasteiger partial charge < -0.3 is 9.47 Å². The standard InChI is InChI=1S/C19H21NO3/c1-3-4-7-14-12-13-8-5-9-15(17(13)23-19(14)21)16-10-6-11-20-18(16)22-2/h5-6,8-11,14H,3-4,7,12H2,1-2H3. The first kappa shape index (κ1) is 15.5. The van der Waals surface area contributed by atoms with E-state index in [2.05, 4.69) is 11.9 Å². The number of para-hydroxylation sites is 1. The number of carbonyl (C=O) groups is 1. The zero-order chi connectivity index (χ0) is 16.2. The lowest BCUT2D eigenvalue weighted by molar-refractivity contribution is -0.140. The molecule has 0 saturated carbocycles. The molecule has 23 heavy (non-hydrogen) atoms. The van der Waals surface area contributed by atoms with E-state index in [1.54, 1.807) is 13.3 Å². The number of rotatable bonds is 5. The van der Waals surface area contributed by atoms with Crippen LogP contribution >= 0.6 is 0 Å². The van der Waals surface area contributed by atoms with Gasteiger partial charge in [-0.1, -0.05) is 38.0 Å². The van der Waals surface area contributed by atoms with E-state index in [1.165, 1.54) is 0 Å². The van der Waals surface area contributed by atoms with Crippen LogP contribution in [0.15, 0.2) is 36.5 Å². The van der Waals surface area contributed by atoms with Gasteiger partial charge >= 0.3 is 5.97 Å². The largest absolute Gasteiger partial charge is 0.481 e. The highest BCUT2D eigenvalue weighted by Gasteiger charge is 2.30. The van der Waals surface area contributed by atoms with Crippen molar-refractivity contribution in [2.75, 3.05) is 7.11 Å². The summed E-state index contributed by atoms with van der Waals surface area (Å²) in [6, 6.07) is 9.76. The first-order valence-corrected chi connectivity index (χ1v) is 8.07. The third-order valence-corrected chi connectivity index (χ3v) is 4.26. The molecule has 1 aromatic heterocycles. The fourth-order valence-corrected chi connectivity index (χ4v) is 3.04. The van der Waals surface area contributed by atoms with E-state index >= 15 is 0 Å². The van der Waals surface area contributed by atoms with Gasteiger partial charge in [0.25, 0.3) is 0 Å². The molecule has 0 amide bonds. The Balaban J connectivity index is 1.99. The molecule has 3 rings (SSSR count). The summed E-state index contributed by atoms with van der Waals surface area (Å²) in [5, 5.41) is 0. The molecule has 2 aromatic rings. The Morgan fingerprint density at radius 3 is 2.87 bits per heavy atom. The molecule has 1 aromatic carbocycles. The predicted molar refractivity (Wildman–Crippen MR) is 88.6 cm³/mol. The van der Waals surface area contributed by atoms with Crippen LogP contribution < -0.4 is 9.47 Å². The van der Waals surface area contributed by atoms with Crippen molar-refractivity contribution in [3.05, 3.63) is 42.1 Å². The van der Waals surface area contributed by atoms with Crippen LogP contribution in [0.5, 0.6) is 11.6 Å². The van der Waals surface area contributed by atoms with Gasteiger partial charge in [0.05, 0.1) is 13.0 Å². The number of unbranched alkanes of at least 4 members (excludes halogenated alkanes) is 1. The lowest BCUT2D eigenvalue weighted by atomic mass is 9.89. The highest BCUT2D eigenvalue weighted by molar-refractivity contribution is 5.84. The van der Waals surface area contributed by atoms with E-state index in [-0.39, 0.29) is 11.9 Å². The van der Waals surface area contributed by atoms with Crippen LogP contribution in [-0.2, 0) is 11.2 Å². The van der Waals surface area contributed by atoms with E-state index in [9.17, 15) is 4.79 Å². The molecule has 0 aliphatic carbocycles. The highest BCUT2D eigenvalue weighted by atomic mass is 16.5. The monoisotopic (exact) mass is 311 g/mol. The van der Waals surface area contributed by atoms with E-state index < -0.39 is 0 Å². The van der Waals surface area contributed by atoms with Gasteiger partial charge in [0, 0.05) is 17.3 Å². The Kier molecular flexibility index (Phi) is 4.60. The summed E-state index contributed by atoms with van der Waals surface area (Å²) in [4.78, 5) is 16.6. The number of pyridine rings is 1. The Morgan fingerprint density at radius 2 is 2.09 bits per heavy atom. The van der Waals surface area contributed by atoms with Gasteiger partial charge in [0.1, 0.15) is 5.75 Å². The van der Waals surface area contributed by atoms with Crippen molar-refractivity contribution in [1.82, 2.24) is 4.98 Å². The molecule has 120 valence electrons. The first-order valence-electron chi connectivity index (χ1n) is 8.07. The maximum Gasteiger partial charge on any atom is 0.314 e.